The molecule has 1 amide bonds. The van der Waals surface area contributed by atoms with Gasteiger partial charge < -0.3 is 14.8 Å². The van der Waals surface area contributed by atoms with E-state index in [1.165, 1.54) is 16.9 Å². The maximum atomic E-state index is 12.1. The van der Waals surface area contributed by atoms with Crippen molar-refractivity contribution in [3.8, 4) is 5.75 Å². The van der Waals surface area contributed by atoms with Crippen LogP contribution in [0.2, 0.25) is 0 Å². The summed E-state index contributed by atoms with van der Waals surface area (Å²) in [6, 6.07) is 7.86. The Morgan fingerprint density at radius 3 is 3.00 bits per heavy atom. The predicted octanol–water partition coefficient (Wildman–Crippen LogP) is 2.94. The molecule has 2 heterocycles. The van der Waals surface area contributed by atoms with Gasteiger partial charge in [0.2, 0.25) is 0 Å². The number of rotatable bonds is 6. The Bertz CT molecular complexity index is 648. The highest BCUT2D eigenvalue weighted by molar-refractivity contribution is 7.09. The number of aryl methyl sites for hydroxylation is 1. The number of aromatic nitrogens is 1. The van der Waals surface area contributed by atoms with Crippen LogP contribution in [0.4, 0.5) is 0 Å². The summed E-state index contributed by atoms with van der Waals surface area (Å²) in [6.45, 7) is 3.74. The van der Waals surface area contributed by atoms with Crippen LogP contribution in [-0.4, -0.2) is 30.1 Å². The molecule has 0 radical (unpaired) electrons. The van der Waals surface area contributed by atoms with E-state index in [4.69, 9.17) is 9.47 Å². The summed E-state index contributed by atoms with van der Waals surface area (Å²) in [5.41, 5.74) is 1.63. The Balaban J connectivity index is 1.48. The van der Waals surface area contributed by atoms with Crippen LogP contribution in [0.15, 0.2) is 29.6 Å². The predicted molar refractivity (Wildman–Crippen MR) is 88.9 cm³/mol. The van der Waals surface area contributed by atoms with E-state index < -0.39 is 0 Å². The third-order valence-corrected chi connectivity index (χ3v) is 4.50. The van der Waals surface area contributed by atoms with E-state index in [9.17, 15) is 4.79 Å². The van der Waals surface area contributed by atoms with Crippen molar-refractivity contribution in [3.05, 3.63) is 45.9 Å². The fourth-order valence-corrected chi connectivity index (χ4v) is 3.05. The minimum Gasteiger partial charge on any atom is -0.486 e. The maximum Gasteiger partial charge on any atom is 0.270 e. The van der Waals surface area contributed by atoms with Crippen molar-refractivity contribution in [2.24, 2.45) is 0 Å². The van der Waals surface area contributed by atoms with Crippen molar-refractivity contribution < 1.29 is 14.3 Å². The topological polar surface area (TPSA) is 60.5 Å². The van der Waals surface area contributed by atoms with Crippen molar-refractivity contribution in [2.75, 3.05) is 13.2 Å². The van der Waals surface area contributed by atoms with Gasteiger partial charge >= 0.3 is 0 Å². The van der Waals surface area contributed by atoms with E-state index in [-0.39, 0.29) is 12.0 Å². The van der Waals surface area contributed by atoms with Crippen LogP contribution in [-0.2, 0) is 11.3 Å². The molecule has 0 unspecified atom stereocenters. The number of thiazole rings is 1. The first-order valence-corrected chi connectivity index (χ1v) is 8.62. The molecule has 5 nitrogen and oxygen atoms in total. The van der Waals surface area contributed by atoms with Gasteiger partial charge in [0.05, 0.1) is 6.10 Å². The number of carbonyl (C=O) groups excluding carboxylic acids is 1. The molecule has 0 spiro atoms. The zero-order valence-electron chi connectivity index (χ0n) is 13.1. The molecule has 3 rings (SSSR count). The lowest BCUT2D eigenvalue weighted by Gasteiger charge is -2.09. The van der Waals surface area contributed by atoms with E-state index >= 15 is 0 Å². The van der Waals surface area contributed by atoms with Crippen molar-refractivity contribution in [3.63, 3.8) is 0 Å². The van der Waals surface area contributed by atoms with Crippen LogP contribution in [0.3, 0.4) is 0 Å². The zero-order chi connectivity index (χ0) is 16.1. The van der Waals surface area contributed by atoms with E-state index in [1.807, 2.05) is 31.2 Å². The Labute approximate surface area is 139 Å². The van der Waals surface area contributed by atoms with Crippen LogP contribution >= 0.6 is 11.3 Å². The Hall–Kier alpha value is -1.92. The number of amides is 1. The SMILES string of the molecule is Cc1ccc(OCc2nc(C(=O)NC[C@H]3CCCO3)cs2)cc1. The lowest BCUT2D eigenvalue weighted by Crippen LogP contribution is -2.31. The van der Waals surface area contributed by atoms with Crippen LogP contribution in [0.5, 0.6) is 5.75 Å². The van der Waals surface area contributed by atoms with Gasteiger partial charge in [0.1, 0.15) is 23.1 Å². The monoisotopic (exact) mass is 332 g/mol. The summed E-state index contributed by atoms with van der Waals surface area (Å²) in [7, 11) is 0. The van der Waals surface area contributed by atoms with Crippen LogP contribution in [0.1, 0.15) is 33.9 Å². The molecule has 2 aromatic rings. The summed E-state index contributed by atoms with van der Waals surface area (Å²) in [6.07, 6.45) is 2.21. The normalized spacial score (nSPS) is 17.2. The van der Waals surface area contributed by atoms with Gasteiger partial charge in [0, 0.05) is 18.5 Å². The fourth-order valence-electron chi connectivity index (χ4n) is 2.36. The Morgan fingerprint density at radius 2 is 2.26 bits per heavy atom. The molecule has 1 N–H and O–H groups in total. The second-order valence-corrected chi connectivity index (χ2v) is 6.52. The molecule has 1 saturated heterocycles. The third-order valence-electron chi connectivity index (χ3n) is 3.68. The van der Waals surface area contributed by atoms with Gasteiger partial charge in [0.25, 0.3) is 5.91 Å². The third kappa shape index (κ3) is 4.53. The molecule has 1 aliphatic rings. The smallest absolute Gasteiger partial charge is 0.270 e. The van der Waals surface area contributed by atoms with Crippen molar-refractivity contribution >= 4 is 17.2 Å². The first-order chi connectivity index (χ1) is 11.2. The average Bonchev–Trinajstić information content (AvgIpc) is 3.24. The largest absolute Gasteiger partial charge is 0.486 e. The number of nitrogens with zero attached hydrogens (tertiary/aromatic N) is 1. The zero-order valence-corrected chi connectivity index (χ0v) is 13.9. The summed E-state index contributed by atoms with van der Waals surface area (Å²) in [4.78, 5) is 16.4. The number of hydrogen-bond acceptors (Lipinski definition) is 5. The van der Waals surface area contributed by atoms with Gasteiger partial charge in [-0.1, -0.05) is 17.7 Å². The van der Waals surface area contributed by atoms with Gasteiger partial charge in [-0.15, -0.1) is 11.3 Å². The molecule has 1 aromatic carbocycles. The van der Waals surface area contributed by atoms with Crippen LogP contribution in [0.25, 0.3) is 0 Å². The lowest BCUT2D eigenvalue weighted by atomic mass is 10.2. The van der Waals surface area contributed by atoms with Crippen molar-refractivity contribution in [1.29, 1.82) is 0 Å². The van der Waals surface area contributed by atoms with Gasteiger partial charge in [0.15, 0.2) is 0 Å². The Kier molecular flexibility index (Phi) is 5.25. The number of hydrogen-bond donors (Lipinski definition) is 1. The van der Waals surface area contributed by atoms with Crippen LogP contribution in [0, 0.1) is 6.92 Å². The quantitative estimate of drug-likeness (QED) is 0.883. The summed E-state index contributed by atoms with van der Waals surface area (Å²) >= 11 is 1.43. The summed E-state index contributed by atoms with van der Waals surface area (Å²) < 4.78 is 11.2. The standard InChI is InChI=1S/C17H20N2O3S/c1-12-4-6-13(7-5-12)22-10-16-19-15(11-23-16)17(20)18-9-14-3-2-8-21-14/h4-7,11,14H,2-3,8-10H2,1H3,(H,18,20)/t14-/m1/s1. The number of nitrogens with one attached hydrogen (secondary N) is 1. The van der Waals surface area contributed by atoms with Crippen molar-refractivity contribution in [1.82, 2.24) is 10.3 Å². The molecule has 1 fully saturated rings. The number of ether oxygens (including phenoxy) is 2. The first-order valence-electron chi connectivity index (χ1n) is 7.74. The van der Waals surface area contributed by atoms with Gasteiger partial charge in [-0.3, -0.25) is 4.79 Å². The molecule has 1 aromatic heterocycles. The van der Waals surface area contributed by atoms with E-state index in [2.05, 4.69) is 10.3 Å². The minimum atomic E-state index is -0.154. The van der Waals surface area contributed by atoms with E-state index in [0.717, 1.165) is 30.2 Å². The minimum absolute atomic E-state index is 0.141. The molecule has 122 valence electrons. The van der Waals surface area contributed by atoms with Crippen molar-refractivity contribution in [2.45, 2.75) is 32.5 Å². The molecular formula is C17H20N2O3S. The average molecular weight is 332 g/mol. The fraction of sp³-hybridized carbons (Fsp3) is 0.412. The molecule has 1 atom stereocenters. The highest BCUT2D eigenvalue weighted by Crippen LogP contribution is 2.16. The molecule has 23 heavy (non-hydrogen) atoms. The van der Waals surface area contributed by atoms with Crippen LogP contribution < -0.4 is 10.1 Å². The molecule has 0 bridgehead atoms. The van der Waals surface area contributed by atoms with E-state index in [0.29, 0.717) is 18.8 Å². The Morgan fingerprint density at radius 1 is 1.43 bits per heavy atom. The van der Waals surface area contributed by atoms with Gasteiger partial charge in [-0.2, -0.15) is 0 Å². The second kappa shape index (κ2) is 7.57. The number of carbonyl (C=O) groups is 1. The lowest BCUT2D eigenvalue weighted by molar-refractivity contribution is 0.0854. The van der Waals surface area contributed by atoms with Gasteiger partial charge in [-0.25, -0.2) is 4.98 Å². The highest BCUT2D eigenvalue weighted by atomic mass is 32.1. The van der Waals surface area contributed by atoms with Gasteiger partial charge in [-0.05, 0) is 31.9 Å². The number of benzene rings is 1. The molecule has 0 saturated carbocycles. The van der Waals surface area contributed by atoms with E-state index in [1.54, 1.807) is 5.38 Å². The summed E-state index contributed by atoms with van der Waals surface area (Å²) in [5, 5.41) is 5.42. The maximum absolute atomic E-state index is 12.1. The first kappa shape index (κ1) is 16.0. The molecule has 0 aliphatic carbocycles. The highest BCUT2D eigenvalue weighted by Gasteiger charge is 2.17. The molecular weight excluding hydrogens is 312 g/mol. The second-order valence-electron chi connectivity index (χ2n) is 5.57. The molecule has 6 heteroatoms. The molecule has 1 aliphatic heterocycles. The summed E-state index contributed by atoms with van der Waals surface area (Å²) in [5.74, 6) is 0.647.